The minimum absolute atomic E-state index is 0.367. The monoisotopic (exact) mass is 369 g/mol. The third-order valence-corrected chi connectivity index (χ3v) is 6.29. The maximum atomic E-state index is 6.39. The molecule has 1 aliphatic heterocycles. The zero-order chi connectivity index (χ0) is 19.5. The molecule has 0 aliphatic carbocycles. The molecule has 0 unspecified atom stereocenters. The zero-order valence-electron chi connectivity index (χ0n) is 16.7. The second-order valence-electron chi connectivity index (χ2n) is 8.58. The van der Waals surface area contributed by atoms with Gasteiger partial charge in [0.25, 0.3) is 0 Å². The summed E-state index contributed by atoms with van der Waals surface area (Å²) >= 11 is 0. The van der Waals surface area contributed by atoms with E-state index < -0.39 is 7.12 Å². The highest BCUT2D eigenvalue weighted by Crippen LogP contribution is 2.39. The highest BCUT2D eigenvalue weighted by Gasteiger charge is 2.52. The Labute approximate surface area is 165 Å². The summed E-state index contributed by atoms with van der Waals surface area (Å²) in [5, 5.41) is 2.37. The maximum Gasteiger partial charge on any atom is 0.495 e. The van der Waals surface area contributed by atoms with Crippen LogP contribution in [0.4, 0.5) is 0 Å². The predicted octanol–water partition coefficient (Wildman–Crippen LogP) is 5.29. The van der Waals surface area contributed by atoms with Crippen molar-refractivity contribution < 1.29 is 9.31 Å². The molecule has 1 aliphatic rings. The fourth-order valence-electron chi connectivity index (χ4n) is 4.01. The van der Waals surface area contributed by atoms with Crippen molar-refractivity contribution in [2.24, 2.45) is 0 Å². The lowest BCUT2D eigenvalue weighted by molar-refractivity contribution is 0.00578. The van der Waals surface area contributed by atoms with Gasteiger partial charge in [0.05, 0.1) is 16.7 Å². The number of H-pyrrole nitrogens is 1. The molecular formula is C24H24BNO2. The van der Waals surface area contributed by atoms with Crippen LogP contribution in [0.15, 0.2) is 66.7 Å². The molecule has 28 heavy (non-hydrogen) atoms. The van der Waals surface area contributed by atoms with Gasteiger partial charge in [0, 0.05) is 21.9 Å². The number of aromatic nitrogens is 1. The molecule has 0 amide bonds. The van der Waals surface area contributed by atoms with Crippen molar-refractivity contribution in [3.8, 4) is 11.1 Å². The Kier molecular flexibility index (Phi) is 3.74. The third kappa shape index (κ3) is 2.52. The second-order valence-corrected chi connectivity index (χ2v) is 8.58. The Morgan fingerprint density at radius 3 is 2.11 bits per heavy atom. The van der Waals surface area contributed by atoms with Gasteiger partial charge in [0.15, 0.2) is 0 Å². The molecule has 140 valence electrons. The van der Waals surface area contributed by atoms with E-state index in [0.717, 1.165) is 16.5 Å². The average Bonchev–Trinajstić information content (AvgIpc) is 3.16. The van der Waals surface area contributed by atoms with Crippen molar-refractivity contribution in [2.75, 3.05) is 0 Å². The van der Waals surface area contributed by atoms with Crippen LogP contribution in [0.1, 0.15) is 27.7 Å². The van der Waals surface area contributed by atoms with Gasteiger partial charge < -0.3 is 14.3 Å². The van der Waals surface area contributed by atoms with Gasteiger partial charge in [-0.2, -0.15) is 0 Å². The molecule has 3 aromatic carbocycles. The molecule has 0 radical (unpaired) electrons. The lowest BCUT2D eigenvalue weighted by Gasteiger charge is -2.32. The van der Waals surface area contributed by atoms with Gasteiger partial charge in [-0.05, 0) is 44.8 Å². The van der Waals surface area contributed by atoms with E-state index in [1.807, 2.05) is 6.07 Å². The predicted molar refractivity (Wildman–Crippen MR) is 117 cm³/mol. The van der Waals surface area contributed by atoms with Crippen LogP contribution in [0.2, 0.25) is 0 Å². The van der Waals surface area contributed by atoms with Gasteiger partial charge >= 0.3 is 7.12 Å². The molecule has 5 rings (SSSR count). The first-order chi connectivity index (χ1) is 13.4. The normalized spacial score (nSPS) is 18.2. The minimum atomic E-state index is -0.392. The summed E-state index contributed by atoms with van der Waals surface area (Å²) in [5.74, 6) is 0. The van der Waals surface area contributed by atoms with Crippen molar-refractivity contribution >= 4 is 34.4 Å². The smallest absolute Gasteiger partial charge is 0.399 e. The summed E-state index contributed by atoms with van der Waals surface area (Å²) in [6.07, 6.45) is 0. The quantitative estimate of drug-likeness (QED) is 0.488. The van der Waals surface area contributed by atoms with Crippen LogP contribution in [-0.2, 0) is 9.31 Å². The van der Waals surface area contributed by atoms with Crippen LogP contribution >= 0.6 is 0 Å². The first kappa shape index (κ1) is 17.5. The first-order valence-corrected chi connectivity index (χ1v) is 9.82. The highest BCUT2D eigenvalue weighted by atomic mass is 16.7. The molecule has 1 saturated heterocycles. The van der Waals surface area contributed by atoms with Crippen molar-refractivity contribution in [3.05, 3.63) is 66.7 Å². The number of rotatable bonds is 2. The summed E-state index contributed by atoms with van der Waals surface area (Å²) in [6, 6.07) is 23.3. The molecule has 2 heterocycles. The summed E-state index contributed by atoms with van der Waals surface area (Å²) in [6.45, 7) is 8.38. The second kappa shape index (κ2) is 5.97. The SMILES string of the molecule is CC1(C)OB(c2ccc(-c3ccccc3)c3[nH]c4ccccc4c23)OC1(C)C. The number of fused-ring (bicyclic) bond motifs is 3. The topological polar surface area (TPSA) is 34.2 Å². The molecule has 0 spiro atoms. The Hall–Kier alpha value is -2.56. The average molecular weight is 369 g/mol. The molecule has 0 bridgehead atoms. The fourth-order valence-corrected chi connectivity index (χ4v) is 4.01. The number of hydrogen-bond donors (Lipinski definition) is 1. The van der Waals surface area contributed by atoms with E-state index in [4.69, 9.17) is 9.31 Å². The fraction of sp³-hybridized carbons (Fsp3) is 0.250. The van der Waals surface area contributed by atoms with Crippen LogP contribution in [0.3, 0.4) is 0 Å². The van der Waals surface area contributed by atoms with Crippen LogP contribution in [0, 0.1) is 0 Å². The van der Waals surface area contributed by atoms with E-state index in [-0.39, 0.29) is 11.2 Å². The number of benzene rings is 3. The van der Waals surface area contributed by atoms with E-state index >= 15 is 0 Å². The van der Waals surface area contributed by atoms with Gasteiger partial charge in [-0.1, -0.05) is 60.7 Å². The summed E-state index contributed by atoms with van der Waals surface area (Å²) in [7, 11) is -0.392. The first-order valence-electron chi connectivity index (χ1n) is 9.82. The number of para-hydroxylation sites is 1. The van der Waals surface area contributed by atoms with Gasteiger partial charge in [0.1, 0.15) is 0 Å². The van der Waals surface area contributed by atoms with Crippen molar-refractivity contribution in [1.29, 1.82) is 0 Å². The molecule has 0 saturated carbocycles. The van der Waals surface area contributed by atoms with E-state index in [9.17, 15) is 0 Å². The molecular weight excluding hydrogens is 345 g/mol. The van der Waals surface area contributed by atoms with E-state index in [2.05, 4.69) is 93.3 Å². The van der Waals surface area contributed by atoms with Crippen LogP contribution in [-0.4, -0.2) is 23.3 Å². The summed E-state index contributed by atoms with van der Waals surface area (Å²) in [5.41, 5.74) is 4.97. The van der Waals surface area contributed by atoms with Crippen LogP contribution < -0.4 is 5.46 Å². The minimum Gasteiger partial charge on any atom is -0.399 e. The number of hydrogen-bond acceptors (Lipinski definition) is 2. The zero-order valence-corrected chi connectivity index (χ0v) is 16.7. The van der Waals surface area contributed by atoms with Gasteiger partial charge in [-0.3, -0.25) is 0 Å². The number of nitrogens with one attached hydrogen (secondary N) is 1. The van der Waals surface area contributed by atoms with E-state index in [0.29, 0.717) is 0 Å². The van der Waals surface area contributed by atoms with Crippen molar-refractivity contribution in [3.63, 3.8) is 0 Å². The Bertz CT molecular complexity index is 1160. The summed E-state index contributed by atoms with van der Waals surface area (Å²) in [4.78, 5) is 3.64. The molecule has 1 aromatic heterocycles. The number of aromatic amines is 1. The Morgan fingerprint density at radius 2 is 1.39 bits per heavy atom. The summed E-state index contributed by atoms with van der Waals surface area (Å²) < 4.78 is 12.8. The molecule has 0 atom stereocenters. The molecule has 1 N–H and O–H groups in total. The van der Waals surface area contributed by atoms with Crippen LogP contribution in [0.25, 0.3) is 32.9 Å². The lowest BCUT2D eigenvalue weighted by Crippen LogP contribution is -2.41. The van der Waals surface area contributed by atoms with Crippen molar-refractivity contribution in [1.82, 2.24) is 4.98 Å². The molecule has 1 fully saturated rings. The highest BCUT2D eigenvalue weighted by molar-refractivity contribution is 6.66. The Morgan fingerprint density at radius 1 is 0.750 bits per heavy atom. The van der Waals surface area contributed by atoms with E-state index in [1.54, 1.807) is 0 Å². The maximum absolute atomic E-state index is 6.39. The molecule has 3 nitrogen and oxygen atoms in total. The van der Waals surface area contributed by atoms with Gasteiger partial charge in [0.2, 0.25) is 0 Å². The largest absolute Gasteiger partial charge is 0.495 e. The Balaban J connectivity index is 1.78. The standard InChI is InChI=1S/C24H24BNO2/c1-23(2)24(3,4)28-25(27-23)19-15-14-17(16-10-6-5-7-11-16)22-21(19)18-12-8-9-13-20(18)26-22/h5-15,26H,1-4H3. The van der Waals surface area contributed by atoms with E-state index in [1.165, 1.54) is 21.9 Å². The molecule has 4 aromatic rings. The van der Waals surface area contributed by atoms with Gasteiger partial charge in [-0.25, -0.2) is 0 Å². The van der Waals surface area contributed by atoms with Gasteiger partial charge in [-0.15, -0.1) is 0 Å². The van der Waals surface area contributed by atoms with Crippen LogP contribution in [0.5, 0.6) is 0 Å². The molecule has 4 heteroatoms. The third-order valence-electron chi connectivity index (χ3n) is 6.29. The van der Waals surface area contributed by atoms with Crippen molar-refractivity contribution in [2.45, 2.75) is 38.9 Å². The lowest BCUT2D eigenvalue weighted by atomic mass is 9.75.